The maximum atomic E-state index is 12.0. The van der Waals surface area contributed by atoms with Gasteiger partial charge >= 0.3 is 6.03 Å². The molecule has 0 spiro atoms. The van der Waals surface area contributed by atoms with E-state index in [1.165, 1.54) is 12.1 Å². The van der Waals surface area contributed by atoms with Gasteiger partial charge in [-0.2, -0.15) is 0 Å². The number of amides is 2. The zero-order chi connectivity index (χ0) is 17.0. The number of para-hydroxylation sites is 1. The molecule has 122 valence electrons. The van der Waals surface area contributed by atoms with Gasteiger partial charge in [0.15, 0.2) is 0 Å². The van der Waals surface area contributed by atoms with Crippen LogP contribution in [0.3, 0.4) is 0 Å². The third-order valence-corrected chi connectivity index (χ3v) is 5.05. The summed E-state index contributed by atoms with van der Waals surface area (Å²) in [5.41, 5.74) is 1.50. The Kier molecular flexibility index (Phi) is 5.60. The average molecular weight is 445 g/mol. The van der Waals surface area contributed by atoms with Crippen LogP contribution < -0.4 is 15.8 Å². The normalized spacial score (nSPS) is 12.5. The van der Waals surface area contributed by atoms with Gasteiger partial charge in [0.25, 0.3) is 0 Å². The number of nitrogens with one attached hydrogen (secondary N) is 2. The molecule has 2 rings (SSSR count). The summed E-state index contributed by atoms with van der Waals surface area (Å²) in [6, 6.07) is 12.9. The molecule has 23 heavy (non-hydrogen) atoms. The van der Waals surface area contributed by atoms with Crippen LogP contribution in [0.25, 0.3) is 0 Å². The van der Waals surface area contributed by atoms with Gasteiger partial charge in [0.2, 0.25) is 10.0 Å². The number of carbonyl (C=O) groups is 1. The fourth-order valence-electron chi connectivity index (χ4n) is 1.95. The van der Waals surface area contributed by atoms with Crippen LogP contribution in [0, 0.1) is 3.57 Å². The van der Waals surface area contributed by atoms with E-state index in [9.17, 15) is 13.2 Å². The molecule has 1 unspecified atom stereocenters. The maximum Gasteiger partial charge on any atom is 0.319 e. The first-order chi connectivity index (χ1) is 10.8. The number of hydrogen-bond donors (Lipinski definition) is 3. The maximum absolute atomic E-state index is 12.0. The van der Waals surface area contributed by atoms with Gasteiger partial charge in [-0.05, 0) is 59.3 Å². The summed E-state index contributed by atoms with van der Waals surface area (Å²) in [6.45, 7) is 1.81. The first kappa shape index (κ1) is 17.7. The number of sulfonamides is 1. The first-order valence-electron chi connectivity index (χ1n) is 6.72. The smallest absolute Gasteiger partial charge is 0.319 e. The largest absolute Gasteiger partial charge is 0.331 e. The fourth-order valence-corrected chi connectivity index (χ4v) is 2.98. The van der Waals surface area contributed by atoms with Crippen molar-refractivity contribution in [1.29, 1.82) is 0 Å². The van der Waals surface area contributed by atoms with Crippen LogP contribution in [0.4, 0.5) is 10.5 Å². The Morgan fingerprint density at radius 1 is 1.13 bits per heavy atom. The second kappa shape index (κ2) is 7.28. The van der Waals surface area contributed by atoms with Gasteiger partial charge in [0, 0.05) is 3.57 Å². The molecule has 0 aliphatic carbocycles. The molecule has 2 aromatic rings. The minimum Gasteiger partial charge on any atom is -0.331 e. The van der Waals surface area contributed by atoms with Crippen molar-refractivity contribution in [2.24, 2.45) is 5.14 Å². The number of benzene rings is 2. The summed E-state index contributed by atoms with van der Waals surface area (Å²) in [5, 5.41) is 10.6. The molecule has 0 bridgehead atoms. The summed E-state index contributed by atoms with van der Waals surface area (Å²) in [6.07, 6.45) is 0. The molecule has 0 aliphatic heterocycles. The van der Waals surface area contributed by atoms with Gasteiger partial charge in [-0.25, -0.2) is 18.4 Å². The lowest BCUT2D eigenvalue weighted by molar-refractivity contribution is 0.249. The molecule has 4 N–H and O–H groups in total. The third-order valence-electron chi connectivity index (χ3n) is 3.18. The molecule has 6 nitrogen and oxygen atoms in total. The Balaban J connectivity index is 2.02. The minimum absolute atomic E-state index is 0.0386. The lowest BCUT2D eigenvalue weighted by atomic mass is 10.1. The SMILES string of the molecule is CC(NC(=O)Nc1ccccc1I)c1ccc(S(N)(=O)=O)cc1. The van der Waals surface area contributed by atoms with Crippen LogP contribution in [0.5, 0.6) is 0 Å². The molecule has 8 heteroatoms. The number of urea groups is 1. The summed E-state index contributed by atoms with van der Waals surface area (Å²) < 4.78 is 23.4. The summed E-state index contributed by atoms with van der Waals surface area (Å²) in [7, 11) is -3.71. The number of rotatable bonds is 4. The summed E-state index contributed by atoms with van der Waals surface area (Å²) in [5.74, 6) is 0. The molecule has 0 saturated heterocycles. The van der Waals surface area contributed by atoms with E-state index in [2.05, 4.69) is 33.2 Å². The number of anilines is 1. The van der Waals surface area contributed by atoms with E-state index in [0.29, 0.717) is 0 Å². The van der Waals surface area contributed by atoms with Crippen LogP contribution in [0.2, 0.25) is 0 Å². The zero-order valence-electron chi connectivity index (χ0n) is 12.3. The standard InChI is InChI=1S/C15H16IN3O3S/c1-10(11-6-8-12(9-7-11)23(17,21)22)18-15(20)19-14-5-3-2-4-13(14)16/h2-10H,1H3,(H2,17,21,22)(H2,18,19,20). The van der Waals surface area contributed by atoms with E-state index >= 15 is 0 Å². The third kappa shape index (κ3) is 4.91. The van der Waals surface area contributed by atoms with Gasteiger partial charge in [0.1, 0.15) is 0 Å². The number of nitrogens with two attached hydrogens (primary N) is 1. The summed E-state index contributed by atoms with van der Waals surface area (Å²) in [4.78, 5) is 12.1. The molecule has 0 radical (unpaired) electrons. The van der Waals surface area contributed by atoms with Gasteiger partial charge in [0.05, 0.1) is 16.6 Å². The van der Waals surface area contributed by atoms with Crippen molar-refractivity contribution >= 4 is 44.3 Å². The quantitative estimate of drug-likeness (QED) is 0.631. The fraction of sp³-hybridized carbons (Fsp3) is 0.133. The summed E-state index contributed by atoms with van der Waals surface area (Å²) >= 11 is 2.14. The van der Waals surface area contributed by atoms with Crippen LogP contribution in [-0.2, 0) is 10.0 Å². The topological polar surface area (TPSA) is 101 Å². The molecule has 0 saturated carbocycles. The molecule has 0 heterocycles. The molecule has 0 aromatic heterocycles. The average Bonchev–Trinajstić information content (AvgIpc) is 2.49. The lowest BCUT2D eigenvalue weighted by Gasteiger charge is -2.16. The molecule has 2 amide bonds. The van der Waals surface area contributed by atoms with Crippen molar-refractivity contribution in [2.45, 2.75) is 17.9 Å². The highest BCUT2D eigenvalue weighted by Crippen LogP contribution is 2.18. The molecule has 0 aliphatic rings. The van der Waals surface area contributed by atoms with E-state index in [1.54, 1.807) is 12.1 Å². The Morgan fingerprint density at radius 3 is 2.30 bits per heavy atom. The number of carbonyl (C=O) groups excluding carboxylic acids is 1. The Hall–Kier alpha value is -1.65. The van der Waals surface area contributed by atoms with Crippen molar-refractivity contribution < 1.29 is 13.2 Å². The predicted molar refractivity (Wildman–Crippen MR) is 97.5 cm³/mol. The van der Waals surface area contributed by atoms with Crippen molar-refractivity contribution in [2.75, 3.05) is 5.32 Å². The van der Waals surface area contributed by atoms with Crippen molar-refractivity contribution in [1.82, 2.24) is 5.32 Å². The van der Waals surface area contributed by atoms with Crippen LogP contribution in [0.15, 0.2) is 53.4 Å². The minimum atomic E-state index is -3.71. The van der Waals surface area contributed by atoms with Crippen molar-refractivity contribution in [3.05, 3.63) is 57.7 Å². The van der Waals surface area contributed by atoms with Crippen molar-refractivity contribution in [3.8, 4) is 0 Å². The molecular weight excluding hydrogens is 429 g/mol. The molecule has 0 fully saturated rings. The first-order valence-corrected chi connectivity index (χ1v) is 9.34. The van der Waals surface area contributed by atoms with Gasteiger partial charge < -0.3 is 10.6 Å². The van der Waals surface area contributed by atoms with Crippen LogP contribution >= 0.6 is 22.6 Å². The van der Waals surface area contributed by atoms with Gasteiger partial charge in [-0.3, -0.25) is 0 Å². The van der Waals surface area contributed by atoms with E-state index < -0.39 is 10.0 Å². The number of hydrogen-bond acceptors (Lipinski definition) is 3. The lowest BCUT2D eigenvalue weighted by Crippen LogP contribution is -2.31. The van der Waals surface area contributed by atoms with E-state index in [0.717, 1.165) is 14.8 Å². The molecule has 1 atom stereocenters. The van der Waals surface area contributed by atoms with Crippen molar-refractivity contribution in [3.63, 3.8) is 0 Å². The number of halogens is 1. The predicted octanol–water partition coefficient (Wildman–Crippen LogP) is 2.82. The zero-order valence-corrected chi connectivity index (χ0v) is 15.3. The monoisotopic (exact) mass is 445 g/mol. The van der Waals surface area contributed by atoms with Crippen LogP contribution in [-0.4, -0.2) is 14.4 Å². The molecular formula is C15H16IN3O3S. The highest BCUT2D eigenvalue weighted by Gasteiger charge is 2.12. The van der Waals surface area contributed by atoms with E-state index in [-0.39, 0.29) is 17.0 Å². The Morgan fingerprint density at radius 2 is 1.74 bits per heavy atom. The number of primary sulfonamides is 1. The molecule has 2 aromatic carbocycles. The Labute approximate surface area is 148 Å². The van der Waals surface area contributed by atoms with E-state index in [1.807, 2.05) is 31.2 Å². The second-order valence-electron chi connectivity index (χ2n) is 4.91. The van der Waals surface area contributed by atoms with Gasteiger partial charge in [-0.15, -0.1) is 0 Å². The van der Waals surface area contributed by atoms with Crippen LogP contribution in [0.1, 0.15) is 18.5 Å². The highest BCUT2D eigenvalue weighted by atomic mass is 127. The van der Waals surface area contributed by atoms with Gasteiger partial charge in [-0.1, -0.05) is 24.3 Å². The highest BCUT2D eigenvalue weighted by molar-refractivity contribution is 14.1. The second-order valence-corrected chi connectivity index (χ2v) is 7.64. The van der Waals surface area contributed by atoms with E-state index in [4.69, 9.17) is 5.14 Å². The Bertz CT molecular complexity index is 807.